The summed E-state index contributed by atoms with van der Waals surface area (Å²) in [6.45, 7) is 12.1. The van der Waals surface area contributed by atoms with E-state index in [4.69, 9.17) is 0 Å². The molecule has 1 unspecified atom stereocenters. The standard InChI is InChI=1S/C16H27BrN2/c1-5-8-11-19(7-3)16-12-14(17)9-10-15(16)13(4)18-6-2/h9-10,12-13,18H,5-8,11H2,1-4H3. The third kappa shape index (κ3) is 4.81. The highest BCUT2D eigenvalue weighted by Crippen LogP contribution is 2.30. The number of rotatable bonds is 8. The third-order valence-electron chi connectivity index (χ3n) is 3.47. The van der Waals surface area contributed by atoms with Gasteiger partial charge in [-0.3, -0.25) is 0 Å². The van der Waals surface area contributed by atoms with E-state index in [0.29, 0.717) is 6.04 Å². The molecule has 108 valence electrons. The number of hydrogen-bond acceptors (Lipinski definition) is 2. The van der Waals surface area contributed by atoms with Crippen LogP contribution in [0.1, 0.15) is 52.1 Å². The molecule has 0 aromatic heterocycles. The van der Waals surface area contributed by atoms with Gasteiger partial charge in [0.05, 0.1) is 0 Å². The predicted octanol–water partition coefficient (Wildman–Crippen LogP) is 4.75. The van der Waals surface area contributed by atoms with Crippen molar-refractivity contribution in [2.45, 2.75) is 46.6 Å². The first kappa shape index (κ1) is 16.5. The van der Waals surface area contributed by atoms with E-state index < -0.39 is 0 Å². The molecule has 0 fully saturated rings. The van der Waals surface area contributed by atoms with E-state index in [9.17, 15) is 0 Å². The summed E-state index contributed by atoms with van der Waals surface area (Å²) in [5.41, 5.74) is 2.75. The van der Waals surface area contributed by atoms with Gasteiger partial charge in [-0.2, -0.15) is 0 Å². The van der Waals surface area contributed by atoms with E-state index in [2.05, 4.69) is 72.0 Å². The number of benzene rings is 1. The number of nitrogens with zero attached hydrogens (tertiary/aromatic N) is 1. The molecular weight excluding hydrogens is 300 g/mol. The Hall–Kier alpha value is -0.540. The summed E-state index contributed by atoms with van der Waals surface area (Å²) >= 11 is 3.60. The number of anilines is 1. The molecule has 0 saturated heterocycles. The molecule has 19 heavy (non-hydrogen) atoms. The van der Waals surface area contributed by atoms with Gasteiger partial charge in [0.2, 0.25) is 0 Å². The SMILES string of the molecule is CCCCN(CC)c1cc(Br)ccc1C(C)NCC. The molecule has 0 bridgehead atoms. The normalized spacial score (nSPS) is 12.5. The molecule has 1 N–H and O–H groups in total. The lowest BCUT2D eigenvalue weighted by molar-refractivity contribution is 0.594. The van der Waals surface area contributed by atoms with Crippen molar-refractivity contribution in [1.29, 1.82) is 0 Å². The molecule has 0 aliphatic rings. The number of halogens is 1. The topological polar surface area (TPSA) is 15.3 Å². The highest BCUT2D eigenvalue weighted by Gasteiger charge is 2.14. The average Bonchev–Trinajstić information content (AvgIpc) is 2.40. The number of hydrogen-bond donors (Lipinski definition) is 1. The van der Waals surface area contributed by atoms with Crippen LogP contribution in [0.15, 0.2) is 22.7 Å². The summed E-state index contributed by atoms with van der Waals surface area (Å²) in [7, 11) is 0. The van der Waals surface area contributed by atoms with Crippen LogP contribution in [0.3, 0.4) is 0 Å². The van der Waals surface area contributed by atoms with Gasteiger partial charge in [0.25, 0.3) is 0 Å². The van der Waals surface area contributed by atoms with E-state index >= 15 is 0 Å². The van der Waals surface area contributed by atoms with Gasteiger partial charge in [0.15, 0.2) is 0 Å². The van der Waals surface area contributed by atoms with Crippen LogP contribution in [-0.4, -0.2) is 19.6 Å². The van der Waals surface area contributed by atoms with E-state index in [1.165, 1.54) is 24.1 Å². The largest absolute Gasteiger partial charge is 0.372 e. The monoisotopic (exact) mass is 326 g/mol. The lowest BCUT2D eigenvalue weighted by atomic mass is 10.0. The minimum absolute atomic E-state index is 0.392. The van der Waals surface area contributed by atoms with Crippen LogP contribution in [-0.2, 0) is 0 Å². The zero-order chi connectivity index (χ0) is 14.3. The molecule has 1 atom stereocenters. The Morgan fingerprint density at radius 1 is 1.26 bits per heavy atom. The fraction of sp³-hybridized carbons (Fsp3) is 0.625. The van der Waals surface area contributed by atoms with Crippen LogP contribution in [0.5, 0.6) is 0 Å². The van der Waals surface area contributed by atoms with Crippen molar-refractivity contribution in [3.05, 3.63) is 28.2 Å². The van der Waals surface area contributed by atoms with Crippen LogP contribution in [0, 0.1) is 0 Å². The van der Waals surface area contributed by atoms with Crippen LogP contribution in [0.25, 0.3) is 0 Å². The zero-order valence-corrected chi connectivity index (χ0v) is 14.3. The minimum atomic E-state index is 0.392. The molecule has 1 aromatic rings. The van der Waals surface area contributed by atoms with Gasteiger partial charge in [0.1, 0.15) is 0 Å². The fourth-order valence-electron chi connectivity index (χ4n) is 2.37. The van der Waals surface area contributed by atoms with Crippen LogP contribution in [0.4, 0.5) is 5.69 Å². The summed E-state index contributed by atoms with van der Waals surface area (Å²) in [4.78, 5) is 2.48. The Balaban J connectivity index is 3.03. The van der Waals surface area contributed by atoms with Gasteiger partial charge >= 0.3 is 0 Å². The number of unbranched alkanes of at least 4 members (excludes halogenated alkanes) is 1. The summed E-state index contributed by atoms with van der Waals surface area (Å²) in [6.07, 6.45) is 2.48. The van der Waals surface area contributed by atoms with Gasteiger partial charge in [-0.15, -0.1) is 0 Å². The first-order valence-electron chi connectivity index (χ1n) is 7.41. The first-order chi connectivity index (χ1) is 9.13. The zero-order valence-electron chi connectivity index (χ0n) is 12.7. The average molecular weight is 327 g/mol. The Morgan fingerprint density at radius 3 is 2.58 bits per heavy atom. The van der Waals surface area contributed by atoms with Crippen LogP contribution < -0.4 is 10.2 Å². The van der Waals surface area contributed by atoms with Crippen molar-refractivity contribution in [3.63, 3.8) is 0 Å². The Labute approximate surface area is 126 Å². The second-order valence-electron chi connectivity index (χ2n) is 4.92. The van der Waals surface area contributed by atoms with Crippen molar-refractivity contribution in [2.75, 3.05) is 24.5 Å². The lowest BCUT2D eigenvalue weighted by Crippen LogP contribution is -2.27. The molecule has 0 saturated carbocycles. The molecule has 2 nitrogen and oxygen atoms in total. The summed E-state index contributed by atoms with van der Waals surface area (Å²) in [5, 5.41) is 3.51. The van der Waals surface area contributed by atoms with E-state index in [0.717, 1.165) is 24.1 Å². The van der Waals surface area contributed by atoms with Crippen molar-refractivity contribution in [3.8, 4) is 0 Å². The third-order valence-corrected chi connectivity index (χ3v) is 3.97. The first-order valence-corrected chi connectivity index (χ1v) is 8.21. The Kier molecular flexibility index (Phi) is 7.47. The van der Waals surface area contributed by atoms with Crippen LogP contribution in [0.2, 0.25) is 0 Å². The molecule has 0 radical (unpaired) electrons. The number of nitrogens with one attached hydrogen (secondary N) is 1. The Morgan fingerprint density at radius 2 is 2.00 bits per heavy atom. The van der Waals surface area contributed by atoms with Gasteiger partial charge in [0, 0.05) is 29.3 Å². The van der Waals surface area contributed by atoms with Gasteiger partial charge in [-0.05, 0) is 44.5 Å². The Bertz CT molecular complexity index is 379. The molecular formula is C16H27BrN2. The summed E-state index contributed by atoms with van der Waals surface area (Å²) in [5.74, 6) is 0. The van der Waals surface area contributed by atoms with Gasteiger partial charge < -0.3 is 10.2 Å². The molecule has 0 amide bonds. The van der Waals surface area contributed by atoms with Gasteiger partial charge in [-0.25, -0.2) is 0 Å². The highest BCUT2D eigenvalue weighted by molar-refractivity contribution is 9.10. The van der Waals surface area contributed by atoms with Crippen molar-refractivity contribution in [2.24, 2.45) is 0 Å². The quantitative estimate of drug-likeness (QED) is 0.741. The van der Waals surface area contributed by atoms with Crippen molar-refractivity contribution in [1.82, 2.24) is 5.32 Å². The molecule has 3 heteroatoms. The van der Waals surface area contributed by atoms with E-state index in [1.807, 2.05) is 0 Å². The summed E-state index contributed by atoms with van der Waals surface area (Å²) in [6, 6.07) is 7.02. The second-order valence-corrected chi connectivity index (χ2v) is 5.83. The fourth-order valence-corrected chi connectivity index (χ4v) is 2.72. The lowest BCUT2D eigenvalue weighted by Gasteiger charge is -2.28. The predicted molar refractivity (Wildman–Crippen MR) is 89.0 cm³/mol. The maximum atomic E-state index is 3.60. The van der Waals surface area contributed by atoms with Crippen molar-refractivity contribution >= 4 is 21.6 Å². The smallest absolute Gasteiger partial charge is 0.0425 e. The van der Waals surface area contributed by atoms with E-state index in [1.54, 1.807) is 0 Å². The van der Waals surface area contributed by atoms with Crippen molar-refractivity contribution < 1.29 is 0 Å². The van der Waals surface area contributed by atoms with Gasteiger partial charge in [-0.1, -0.05) is 42.3 Å². The van der Waals surface area contributed by atoms with Crippen LogP contribution >= 0.6 is 15.9 Å². The molecule has 0 aliphatic carbocycles. The maximum Gasteiger partial charge on any atom is 0.0425 e. The molecule has 0 heterocycles. The molecule has 0 aliphatic heterocycles. The molecule has 1 rings (SSSR count). The summed E-state index contributed by atoms with van der Waals surface area (Å²) < 4.78 is 1.16. The molecule has 0 spiro atoms. The minimum Gasteiger partial charge on any atom is -0.372 e. The molecule has 1 aromatic carbocycles. The second kappa shape index (κ2) is 8.60. The highest BCUT2D eigenvalue weighted by atomic mass is 79.9. The maximum absolute atomic E-state index is 3.60. The van der Waals surface area contributed by atoms with E-state index in [-0.39, 0.29) is 0 Å².